The maximum Gasteiger partial charge on any atom is 0.127 e. The normalized spacial score (nSPS) is 31.3. The second-order valence-corrected chi connectivity index (χ2v) is 17.4. The fourth-order valence-corrected chi connectivity index (χ4v) is 11.6. The summed E-state index contributed by atoms with van der Waals surface area (Å²) in [6, 6.07) is 4.70. The van der Waals surface area contributed by atoms with E-state index in [9.17, 15) is 10.2 Å². The van der Waals surface area contributed by atoms with Crippen LogP contribution >= 0.6 is 0 Å². The number of rotatable bonds is 3. The van der Waals surface area contributed by atoms with E-state index in [0.717, 1.165) is 35.1 Å². The highest BCUT2D eigenvalue weighted by Gasteiger charge is 2.52. The first kappa shape index (κ1) is 30.1. The summed E-state index contributed by atoms with van der Waals surface area (Å²) in [4.78, 5) is 0. The van der Waals surface area contributed by atoms with Crippen LogP contribution in [0.3, 0.4) is 0 Å². The van der Waals surface area contributed by atoms with Gasteiger partial charge in [-0.3, -0.25) is 0 Å². The van der Waals surface area contributed by atoms with E-state index >= 15 is 0 Å². The second kappa shape index (κ2) is 9.77. The molecule has 6 rings (SSSR count). The van der Waals surface area contributed by atoms with Crippen molar-refractivity contribution >= 4 is 0 Å². The average molecular weight is 571 g/mol. The van der Waals surface area contributed by atoms with Crippen LogP contribution in [0.25, 0.3) is 11.1 Å². The number of phenolic OH excluding ortho intramolecular Hbond substituents is 2. The molecular weight excluding hydrogens is 512 g/mol. The van der Waals surface area contributed by atoms with Crippen molar-refractivity contribution in [3.05, 3.63) is 45.5 Å². The van der Waals surface area contributed by atoms with Crippen LogP contribution in [0.2, 0.25) is 0 Å². The first-order valence-electron chi connectivity index (χ1n) is 17.3. The van der Waals surface area contributed by atoms with Crippen molar-refractivity contribution in [2.75, 3.05) is 0 Å². The van der Waals surface area contributed by atoms with Crippen molar-refractivity contribution in [3.8, 4) is 22.6 Å². The van der Waals surface area contributed by atoms with Gasteiger partial charge in [-0.05, 0) is 131 Å². The van der Waals surface area contributed by atoms with Crippen LogP contribution < -0.4 is 0 Å². The molecule has 2 nitrogen and oxygen atoms in total. The Morgan fingerprint density at radius 3 is 1.29 bits per heavy atom. The SMILES string of the molecule is CC(C)c1c(O)c(-c2cc3c(c(C(C)C)c2O)CCC2C(C)(C)CCC[C@@]32C)cc2c1CCC1C(C)(C)CCC[C@@]21C. The Kier molecular flexibility index (Phi) is 7.00. The molecule has 0 heterocycles. The van der Waals surface area contributed by atoms with Crippen LogP contribution in [-0.4, -0.2) is 10.2 Å². The van der Waals surface area contributed by atoms with E-state index in [1.807, 2.05) is 0 Å². The number of phenols is 2. The van der Waals surface area contributed by atoms with E-state index in [0.29, 0.717) is 34.2 Å². The molecule has 4 aliphatic carbocycles. The summed E-state index contributed by atoms with van der Waals surface area (Å²) in [5, 5.41) is 24.4. The summed E-state index contributed by atoms with van der Waals surface area (Å²) in [5.74, 6) is 2.54. The molecule has 0 saturated heterocycles. The standard InChI is InChI=1S/C40H58O2/c1-23(2)33-25-13-15-31-37(5,6)17-11-19-39(31,9)29(25)21-27(35(33)41)28-22-30-26(34(24(3)4)36(28)42)14-16-32-38(7,8)18-12-20-40(30,32)10/h21-24,31-32,41-42H,11-20H2,1-10H3/t31?,32?,39-,40-/m0/s1. The Balaban J connectivity index is 1.64. The summed E-state index contributed by atoms with van der Waals surface area (Å²) < 4.78 is 0. The van der Waals surface area contributed by atoms with E-state index < -0.39 is 0 Å². The minimum atomic E-state index is 0.0938. The number of hydrogen-bond donors (Lipinski definition) is 2. The van der Waals surface area contributed by atoms with Crippen molar-refractivity contribution < 1.29 is 10.2 Å². The Labute approximate surface area is 256 Å². The fourth-order valence-electron chi connectivity index (χ4n) is 11.6. The first-order chi connectivity index (χ1) is 19.5. The Bertz CT molecular complexity index is 1300. The van der Waals surface area contributed by atoms with Crippen molar-refractivity contribution in [2.45, 2.75) is 156 Å². The molecule has 0 radical (unpaired) electrons. The number of aromatic hydroxyl groups is 2. The van der Waals surface area contributed by atoms with Gasteiger partial charge in [0.05, 0.1) is 0 Å². The van der Waals surface area contributed by atoms with E-state index in [-0.39, 0.29) is 22.7 Å². The monoisotopic (exact) mass is 570 g/mol. The lowest BCUT2D eigenvalue weighted by atomic mass is 9.49. The predicted octanol–water partition coefficient (Wildman–Crippen LogP) is 11.1. The topological polar surface area (TPSA) is 40.5 Å². The van der Waals surface area contributed by atoms with Crippen molar-refractivity contribution in [3.63, 3.8) is 0 Å². The van der Waals surface area contributed by atoms with Gasteiger partial charge in [-0.1, -0.05) is 82.1 Å². The van der Waals surface area contributed by atoms with E-state index in [2.05, 4.69) is 81.4 Å². The highest BCUT2D eigenvalue weighted by Crippen LogP contribution is 2.62. The van der Waals surface area contributed by atoms with Gasteiger partial charge in [0.15, 0.2) is 0 Å². The Morgan fingerprint density at radius 2 is 0.952 bits per heavy atom. The molecule has 0 aliphatic heterocycles. The molecule has 2 saturated carbocycles. The summed E-state index contributed by atoms with van der Waals surface area (Å²) in [6.07, 6.45) is 12.0. The summed E-state index contributed by atoms with van der Waals surface area (Å²) in [5.41, 5.74) is 10.5. The van der Waals surface area contributed by atoms with Gasteiger partial charge in [0.1, 0.15) is 11.5 Å². The fraction of sp³-hybridized carbons (Fsp3) is 0.700. The minimum absolute atomic E-state index is 0.0938. The lowest BCUT2D eigenvalue weighted by Crippen LogP contribution is -2.48. The largest absolute Gasteiger partial charge is 0.507 e. The van der Waals surface area contributed by atoms with Gasteiger partial charge in [0.25, 0.3) is 0 Å². The van der Waals surface area contributed by atoms with Gasteiger partial charge < -0.3 is 10.2 Å². The molecule has 2 unspecified atom stereocenters. The molecule has 2 aromatic rings. The van der Waals surface area contributed by atoms with Crippen molar-refractivity contribution in [1.82, 2.24) is 0 Å². The molecule has 4 atom stereocenters. The molecule has 2 fully saturated rings. The van der Waals surface area contributed by atoms with Crippen molar-refractivity contribution in [2.24, 2.45) is 22.7 Å². The zero-order valence-electron chi connectivity index (χ0n) is 28.4. The molecule has 0 bridgehead atoms. The first-order valence-corrected chi connectivity index (χ1v) is 17.3. The maximum atomic E-state index is 12.2. The molecule has 0 spiro atoms. The molecule has 42 heavy (non-hydrogen) atoms. The quantitative estimate of drug-likeness (QED) is 0.385. The molecular formula is C40H58O2. The van der Waals surface area contributed by atoms with Crippen LogP contribution in [0.1, 0.15) is 166 Å². The number of hydrogen-bond acceptors (Lipinski definition) is 2. The number of benzene rings is 2. The lowest BCUT2D eigenvalue weighted by Gasteiger charge is -2.55. The summed E-state index contributed by atoms with van der Waals surface area (Å²) in [7, 11) is 0. The van der Waals surface area contributed by atoms with Gasteiger partial charge in [0, 0.05) is 22.3 Å². The third kappa shape index (κ3) is 4.16. The molecule has 4 aliphatic rings. The zero-order valence-corrected chi connectivity index (χ0v) is 28.4. The molecule has 2 N–H and O–H groups in total. The average Bonchev–Trinajstić information content (AvgIpc) is 2.86. The Morgan fingerprint density at radius 1 is 0.595 bits per heavy atom. The van der Waals surface area contributed by atoms with Crippen LogP contribution in [-0.2, 0) is 23.7 Å². The van der Waals surface area contributed by atoms with Crippen LogP contribution in [0, 0.1) is 22.7 Å². The summed E-state index contributed by atoms with van der Waals surface area (Å²) in [6.45, 7) is 23.9. The predicted molar refractivity (Wildman–Crippen MR) is 177 cm³/mol. The second-order valence-electron chi connectivity index (χ2n) is 17.4. The smallest absolute Gasteiger partial charge is 0.127 e. The third-order valence-corrected chi connectivity index (χ3v) is 13.4. The van der Waals surface area contributed by atoms with Gasteiger partial charge >= 0.3 is 0 Å². The molecule has 2 heteroatoms. The minimum Gasteiger partial charge on any atom is -0.507 e. The highest BCUT2D eigenvalue weighted by molar-refractivity contribution is 5.82. The van der Waals surface area contributed by atoms with E-state index in [1.54, 1.807) is 0 Å². The Hall–Kier alpha value is -1.96. The van der Waals surface area contributed by atoms with Crippen LogP contribution in [0.4, 0.5) is 0 Å². The van der Waals surface area contributed by atoms with Gasteiger partial charge in [-0.25, -0.2) is 0 Å². The van der Waals surface area contributed by atoms with Gasteiger partial charge in [0.2, 0.25) is 0 Å². The third-order valence-electron chi connectivity index (χ3n) is 13.4. The van der Waals surface area contributed by atoms with Crippen LogP contribution in [0.5, 0.6) is 11.5 Å². The van der Waals surface area contributed by atoms with Crippen molar-refractivity contribution in [1.29, 1.82) is 0 Å². The molecule has 230 valence electrons. The lowest BCUT2D eigenvalue weighted by molar-refractivity contribution is 0.0402. The van der Waals surface area contributed by atoms with Gasteiger partial charge in [-0.2, -0.15) is 0 Å². The van der Waals surface area contributed by atoms with E-state index in [1.165, 1.54) is 73.6 Å². The summed E-state index contributed by atoms with van der Waals surface area (Å²) >= 11 is 0. The molecule has 0 aromatic heterocycles. The maximum absolute atomic E-state index is 12.2. The highest BCUT2D eigenvalue weighted by atomic mass is 16.3. The zero-order chi connectivity index (χ0) is 30.6. The van der Waals surface area contributed by atoms with Gasteiger partial charge in [-0.15, -0.1) is 0 Å². The van der Waals surface area contributed by atoms with E-state index in [4.69, 9.17) is 0 Å². The van der Waals surface area contributed by atoms with Crippen LogP contribution in [0.15, 0.2) is 12.1 Å². The number of fused-ring (bicyclic) bond motifs is 6. The molecule has 0 amide bonds. The molecule has 2 aromatic carbocycles.